The van der Waals surface area contributed by atoms with Crippen molar-refractivity contribution in [1.29, 1.82) is 0 Å². The molecule has 0 spiro atoms. The first kappa shape index (κ1) is 19.3. The quantitative estimate of drug-likeness (QED) is 0.771. The molecule has 0 aliphatic carbocycles. The summed E-state index contributed by atoms with van der Waals surface area (Å²) < 4.78 is 0. The highest BCUT2D eigenvalue weighted by Crippen LogP contribution is 2.33. The molecule has 0 saturated carbocycles. The van der Waals surface area contributed by atoms with Gasteiger partial charge in [0.05, 0.1) is 6.54 Å². The van der Waals surface area contributed by atoms with E-state index < -0.39 is 0 Å². The lowest BCUT2D eigenvalue weighted by molar-refractivity contribution is -0.137. The molecule has 2 atom stereocenters. The Hall–Kier alpha value is -2.67. The first-order valence-corrected chi connectivity index (χ1v) is 11.0. The maximum Gasteiger partial charge on any atom is 0.236 e. The third-order valence-electron chi connectivity index (χ3n) is 6.67. The Morgan fingerprint density at radius 2 is 1.57 bits per heavy atom. The van der Waals surface area contributed by atoms with Crippen molar-refractivity contribution in [3.8, 4) is 0 Å². The van der Waals surface area contributed by atoms with E-state index in [1.165, 1.54) is 12.1 Å². The molecule has 1 amide bonds. The summed E-state index contributed by atoms with van der Waals surface area (Å²) in [6.45, 7) is 9.82. The van der Waals surface area contributed by atoms with E-state index >= 15 is 0 Å². The molecule has 4 aliphatic rings. The standard InChI is InChI=1S/C23H30N6O/c1-17-12-18(2)25-23(24-17)28-14-20-13-21(15-28)29(20)16-22(30)27-10-8-26(9-11-27)19-6-4-3-5-7-19/h3-7,12,20-21H,8-11,13-16H2,1-2H3. The fraction of sp³-hybridized carbons (Fsp3) is 0.522. The van der Waals surface area contributed by atoms with E-state index in [4.69, 9.17) is 0 Å². The maximum absolute atomic E-state index is 12.9. The van der Waals surface area contributed by atoms with Crippen LogP contribution >= 0.6 is 0 Å². The Morgan fingerprint density at radius 1 is 0.933 bits per heavy atom. The van der Waals surface area contributed by atoms with E-state index in [9.17, 15) is 4.79 Å². The molecule has 2 unspecified atom stereocenters. The number of carbonyl (C=O) groups is 1. The van der Waals surface area contributed by atoms with Gasteiger partial charge in [-0.05, 0) is 38.5 Å². The second-order valence-electron chi connectivity index (χ2n) is 8.77. The van der Waals surface area contributed by atoms with E-state index in [0.29, 0.717) is 18.6 Å². The highest BCUT2D eigenvalue weighted by molar-refractivity contribution is 5.79. The minimum atomic E-state index is 0.272. The second-order valence-corrected chi connectivity index (χ2v) is 8.77. The van der Waals surface area contributed by atoms with Crippen LogP contribution in [-0.2, 0) is 4.79 Å². The normalized spacial score (nSPS) is 24.0. The van der Waals surface area contributed by atoms with E-state index in [2.05, 4.69) is 48.9 Å². The van der Waals surface area contributed by atoms with E-state index in [-0.39, 0.29) is 5.91 Å². The summed E-state index contributed by atoms with van der Waals surface area (Å²) >= 11 is 0. The molecule has 158 valence electrons. The Morgan fingerprint density at radius 3 is 2.20 bits per heavy atom. The smallest absolute Gasteiger partial charge is 0.236 e. The summed E-state index contributed by atoms with van der Waals surface area (Å²) in [4.78, 5) is 31.3. The lowest BCUT2D eigenvalue weighted by Gasteiger charge is -2.56. The van der Waals surface area contributed by atoms with Gasteiger partial charge < -0.3 is 14.7 Å². The first-order valence-electron chi connectivity index (χ1n) is 11.0. The zero-order chi connectivity index (χ0) is 20.7. The molecule has 2 aromatic rings. The van der Waals surface area contributed by atoms with Gasteiger partial charge >= 0.3 is 0 Å². The number of nitrogens with zero attached hydrogens (tertiary/aromatic N) is 6. The second kappa shape index (κ2) is 7.87. The number of aromatic nitrogens is 2. The Labute approximate surface area is 178 Å². The molecule has 7 heteroatoms. The summed E-state index contributed by atoms with van der Waals surface area (Å²) in [5, 5.41) is 0. The predicted molar refractivity (Wildman–Crippen MR) is 118 cm³/mol. The van der Waals surface area contributed by atoms with Crippen molar-refractivity contribution in [1.82, 2.24) is 19.8 Å². The molecule has 4 fully saturated rings. The molecular formula is C23H30N6O. The van der Waals surface area contributed by atoms with Crippen molar-refractivity contribution in [3.63, 3.8) is 0 Å². The van der Waals surface area contributed by atoms with E-state index in [1.54, 1.807) is 0 Å². The minimum absolute atomic E-state index is 0.272. The Bertz CT molecular complexity index is 879. The summed E-state index contributed by atoms with van der Waals surface area (Å²) in [6.07, 6.45) is 1.18. The van der Waals surface area contributed by atoms with Crippen LogP contribution in [0.25, 0.3) is 0 Å². The Balaban J connectivity index is 1.14. The van der Waals surface area contributed by atoms with Gasteiger partial charge in [0.25, 0.3) is 0 Å². The molecular weight excluding hydrogens is 376 g/mol. The third kappa shape index (κ3) is 3.74. The van der Waals surface area contributed by atoms with Gasteiger partial charge in [-0.25, -0.2) is 9.97 Å². The average Bonchev–Trinajstić information content (AvgIpc) is 2.77. The van der Waals surface area contributed by atoms with Gasteiger partial charge in [0.1, 0.15) is 0 Å². The number of para-hydroxylation sites is 1. The highest BCUT2D eigenvalue weighted by atomic mass is 16.2. The maximum atomic E-state index is 12.9. The molecule has 7 nitrogen and oxygen atoms in total. The summed E-state index contributed by atoms with van der Waals surface area (Å²) in [6, 6.07) is 13.3. The van der Waals surface area contributed by atoms with Gasteiger partial charge in [-0.3, -0.25) is 9.69 Å². The number of anilines is 2. The van der Waals surface area contributed by atoms with E-state index in [1.807, 2.05) is 30.9 Å². The van der Waals surface area contributed by atoms with Crippen molar-refractivity contribution in [2.75, 3.05) is 55.6 Å². The zero-order valence-corrected chi connectivity index (χ0v) is 17.9. The van der Waals surface area contributed by atoms with Crippen LogP contribution in [-0.4, -0.2) is 83.6 Å². The molecule has 4 aliphatic heterocycles. The summed E-state index contributed by atoms with van der Waals surface area (Å²) in [5.41, 5.74) is 3.27. The number of piperazine rings is 2. The lowest BCUT2D eigenvalue weighted by atomic mass is 9.87. The predicted octanol–water partition coefficient (Wildman–Crippen LogP) is 1.71. The van der Waals surface area contributed by atoms with Crippen LogP contribution in [0.2, 0.25) is 0 Å². The van der Waals surface area contributed by atoms with Crippen LogP contribution in [0.3, 0.4) is 0 Å². The van der Waals surface area contributed by atoms with Gasteiger partial charge in [0, 0.05) is 68.4 Å². The Kier molecular flexibility index (Phi) is 5.06. The van der Waals surface area contributed by atoms with Crippen molar-refractivity contribution in [3.05, 3.63) is 47.8 Å². The first-order chi connectivity index (χ1) is 14.6. The zero-order valence-electron chi connectivity index (χ0n) is 17.9. The van der Waals surface area contributed by atoms with Gasteiger partial charge in [-0.1, -0.05) is 18.2 Å². The number of benzene rings is 1. The number of hydrogen-bond donors (Lipinski definition) is 0. The average molecular weight is 407 g/mol. The molecule has 4 saturated heterocycles. The molecule has 0 radical (unpaired) electrons. The summed E-state index contributed by atoms with van der Waals surface area (Å²) in [7, 11) is 0. The molecule has 2 bridgehead atoms. The number of rotatable bonds is 4. The van der Waals surface area contributed by atoms with Gasteiger partial charge in [-0.2, -0.15) is 0 Å². The third-order valence-corrected chi connectivity index (χ3v) is 6.67. The van der Waals surface area contributed by atoms with E-state index in [0.717, 1.165) is 56.6 Å². The molecule has 1 aromatic carbocycles. The van der Waals surface area contributed by atoms with Crippen molar-refractivity contribution in [2.24, 2.45) is 0 Å². The molecule has 6 rings (SSSR count). The van der Waals surface area contributed by atoms with Crippen LogP contribution in [0.1, 0.15) is 17.8 Å². The number of aryl methyl sites for hydroxylation is 2. The largest absolute Gasteiger partial charge is 0.368 e. The topological polar surface area (TPSA) is 55.8 Å². The van der Waals surface area contributed by atoms with Crippen LogP contribution in [0, 0.1) is 13.8 Å². The SMILES string of the molecule is Cc1cc(C)nc(N2CC3CC(C2)N3CC(=O)N2CCN(c3ccccc3)CC2)n1. The van der Waals surface area contributed by atoms with Crippen molar-refractivity contribution >= 4 is 17.5 Å². The summed E-state index contributed by atoms with van der Waals surface area (Å²) in [5.74, 6) is 1.11. The highest BCUT2D eigenvalue weighted by Gasteiger charge is 2.46. The van der Waals surface area contributed by atoms with Crippen molar-refractivity contribution < 1.29 is 4.79 Å². The van der Waals surface area contributed by atoms with Crippen molar-refractivity contribution in [2.45, 2.75) is 32.4 Å². The fourth-order valence-electron chi connectivity index (χ4n) is 5.07. The lowest BCUT2D eigenvalue weighted by Crippen LogP contribution is -2.70. The molecule has 1 aromatic heterocycles. The number of hydrogen-bond acceptors (Lipinski definition) is 6. The molecule has 5 heterocycles. The number of carbonyl (C=O) groups excluding carboxylic acids is 1. The van der Waals surface area contributed by atoms with Gasteiger partial charge in [0.15, 0.2) is 0 Å². The molecule has 0 N–H and O–H groups in total. The van der Waals surface area contributed by atoms with Crippen LogP contribution in [0.15, 0.2) is 36.4 Å². The molecule has 30 heavy (non-hydrogen) atoms. The number of amides is 1. The van der Waals surface area contributed by atoms with Crippen LogP contribution in [0.5, 0.6) is 0 Å². The fourth-order valence-corrected chi connectivity index (χ4v) is 5.07. The minimum Gasteiger partial charge on any atom is -0.368 e. The van der Waals surface area contributed by atoms with Gasteiger partial charge in [0.2, 0.25) is 11.9 Å². The van der Waals surface area contributed by atoms with Crippen LogP contribution in [0.4, 0.5) is 11.6 Å². The monoisotopic (exact) mass is 406 g/mol. The van der Waals surface area contributed by atoms with Crippen LogP contribution < -0.4 is 9.80 Å². The van der Waals surface area contributed by atoms with Gasteiger partial charge in [-0.15, -0.1) is 0 Å². The number of piperidine rings is 1. The number of fused-ring (bicyclic) bond motifs is 2.